The van der Waals surface area contributed by atoms with Gasteiger partial charge in [-0.2, -0.15) is 0 Å². The van der Waals surface area contributed by atoms with E-state index >= 15 is 0 Å². The van der Waals surface area contributed by atoms with Crippen LogP contribution in [0.25, 0.3) is 10.9 Å². The predicted octanol–water partition coefficient (Wildman–Crippen LogP) is -1.58. The average Bonchev–Trinajstić information content (AvgIpc) is 2.87. The Morgan fingerprint density at radius 2 is 1.82 bits per heavy atom. The van der Waals surface area contributed by atoms with Crippen molar-refractivity contribution in [2.45, 2.75) is 30.3 Å². The van der Waals surface area contributed by atoms with Crippen molar-refractivity contribution in [1.29, 1.82) is 0 Å². The SMILES string of the molecule is OC[C@H]1O[C@H](O)[C@H](O)[C@](O)(n2cc(O)c3ccccc32)[C@@H]1O. The molecule has 6 N–H and O–H groups in total. The molecule has 0 amide bonds. The molecule has 2 heterocycles. The predicted molar refractivity (Wildman–Crippen MR) is 73.8 cm³/mol. The van der Waals surface area contributed by atoms with E-state index in [2.05, 4.69) is 0 Å². The van der Waals surface area contributed by atoms with Crippen molar-refractivity contribution < 1.29 is 35.4 Å². The van der Waals surface area contributed by atoms with Gasteiger partial charge in [0.2, 0.25) is 5.72 Å². The summed E-state index contributed by atoms with van der Waals surface area (Å²) in [5.41, 5.74) is -2.04. The number of hydrogen-bond acceptors (Lipinski definition) is 7. The first kappa shape index (κ1) is 15.2. The van der Waals surface area contributed by atoms with Crippen LogP contribution in [-0.2, 0) is 10.5 Å². The molecule has 1 saturated heterocycles. The number of aromatic hydroxyl groups is 1. The summed E-state index contributed by atoms with van der Waals surface area (Å²) in [6, 6.07) is 6.50. The molecule has 5 atom stereocenters. The summed E-state index contributed by atoms with van der Waals surface area (Å²) in [5.74, 6) is -0.162. The molecule has 8 heteroatoms. The highest BCUT2D eigenvalue weighted by atomic mass is 16.6. The lowest BCUT2D eigenvalue weighted by Crippen LogP contribution is -2.67. The van der Waals surface area contributed by atoms with Crippen LogP contribution in [0.1, 0.15) is 0 Å². The Bertz CT molecular complexity index is 687. The van der Waals surface area contributed by atoms with Gasteiger partial charge >= 0.3 is 0 Å². The zero-order valence-electron chi connectivity index (χ0n) is 11.4. The molecule has 1 aliphatic heterocycles. The van der Waals surface area contributed by atoms with Crippen LogP contribution in [0.5, 0.6) is 5.75 Å². The molecule has 0 aliphatic carbocycles. The van der Waals surface area contributed by atoms with E-state index in [1.54, 1.807) is 24.3 Å². The molecule has 8 nitrogen and oxygen atoms in total. The van der Waals surface area contributed by atoms with Crippen LogP contribution in [-0.4, -0.2) is 66.4 Å². The molecule has 1 aromatic carbocycles. The molecular weight excluding hydrogens is 294 g/mol. The average molecular weight is 311 g/mol. The van der Waals surface area contributed by atoms with Crippen molar-refractivity contribution in [1.82, 2.24) is 4.57 Å². The van der Waals surface area contributed by atoms with Crippen LogP contribution in [0.3, 0.4) is 0 Å². The van der Waals surface area contributed by atoms with Gasteiger partial charge in [-0.15, -0.1) is 0 Å². The van der Waals surface area contributed by atoms with E-state index in [4.69, 9.17) is 4.74 Å². The highest BCUT2D eigenvalue weighted by Crippen LogP contribution is 2.38. The maximum absolute atomic E-state index is 10.9. The summed E-state index contributed by atoms with van der Waals surface area (Å²) in [4.78, 5) is 0. The Balaban J connectivity index is 2.21. The van der Waals surface area contributed by atoms with E-state index in [0.717, 1.165) is 10.8 Å². The Labute approximate surface area is 125 Å². The molecule has 0 unspecified atom stereocenters. The van der Waals surface area contributed by atoms with Gasteiger partial charge in [-0.25, -0.2) is 0 Å². The smallest absolute Gasteiger partial charge is 0.202 e. The number of para-hydroxylation sites is 1. The number of nitrogens with zero attached hydrogens (tertiary/aromatic N) is 1. The molecule has 1 aromatic heterocycles. The normalized spacial score (nSPS) is 35.9. The fourth-order valence-corrected chi connectivity index (χ4v) is 2.87. The third-order valence-electron chi connectivity index (χ3n) is 4.06. The van der Waals surface area contributed by atoms with Crippen LogP contribution >= 0.6 is 0 Å². The fourth-order valence-electron chi connectivity index (χ4n) is 2.87. The van der Waals surface area contributed by atoms with Crippen LogP contribution < -0.4 is 0 Å². The maximum Gasteiger partial charge on any atom is 0.202 e. The second-order valence-corrected chi connectivity index (χ2v) is 5.32. The van der Waals surface area contributed by atoms with Gasteiger partial charge in [0, 0.05) is 11.6 Å². The first-order valence-corrected chi connectivity index (χ1v) is 6.73. The number of aliphatic hydroxyl groups excluding tert-OH is 4. The van der Waals surface area contributed by atoms with Gasteiger partial charge in [-0.1, -0.05) is 12.1 Å². The van der Waals surface area contributed by atoms with Gasteiger partial charge in [-0.3, -0.25) is 0 Å². The zero-order valence-corrected chi connectivity index (χ0v) is 11.4. The molecular formula is C14H17NO7. The Hall–Kier alpha value is -1.68. The number of hydrogen-bond donors (Lipinski definition) is 6. The monoisotopic (exact) mass is 311 g/mol. The van der Waals surface area contributed by atoms with E-state index in [0.29, 0.717) is 10.9 Å². The Morgan fingerprint density at radius 3 is 2.50 bits per heavy atom. The van der Waals surface area contributed by atoms with Crippen LogP contribution in [0.2, 0.25) is 0 Å². The van der Waals surface area contributed by atoms with E-state index in [-0.39, 0.29) is 5.75 Å². The third kappa shape index (κ3) is 1.93. The van der Waals surface area contributed by atoms with Crippen LogP contribution in [0.15, 0.2) is 30.5 Å². The summed E-state index contributed by atoms with van der Waals surface area (Å²) >= 11 is 0. The highest BCUT2D eigenvalue weighted by Gasteiger charge is 2.56. The minimum absolute atomic E-state index is 0.162. The maximum atomic E-state index is 10.9. The minimum Gasteiger partial charge on any atom is -0.506 e. The van der Waals surface area contributed by atoms with Crippen molar-refractivity contribution in [3.63, 3.8) is 0 Å². The highest BCUT2D eigenvalue weighted by molar-refractivity contribution is 5.86. The first-order valence-electron chi connectivity index (χ1n) is 6.73. The van der Waals surface area contributed by atoms with Gasteiger partial charge in [0.1, 0.15) is 18.0 Å². The molecule has 1 fully saturated rings. The largest absolute Gasteiger partial charge is 0.506 e. The quantitative estimate of drug-likeness (QED) is 0.394. The molecule has 22 heavy (non-hydrogen) atoms. The summed E-state index contributed by atoms with van der Waals surface area (Å²) in [6.07, 6.45) is -5.59. The van der Waals surface area contributed by atoms with Crippen molar-refractivity contribution in [3.05, 3.63) is 30.5 Å². The van der Waals surface area contributed by atoms with E-state index in [1.165, 1.54) is 0 Å². The summed E-state index contributed by atoms with van der Waals surface area (Å²) < 4.78 is 5.94. The molecule has 0 radical (unpaired) electrons. The number of rotatable bonds is 2. The van der Waals surface area contributed by atoms with Crippen LogP contribution in [0.4, 0.5) is 0 Å². The number of fused-ring (bicyclic) bond motifs is 1. The lowest BCUT2D eigenvalue weighted by atomic mass is 9.91. The molecule has 120 valence electrons. The molecule has 3 rings (SSSR count). The van der Waals surface area contributed by atoms with Gasteiger partial charge in [0.25, 0.3) is 0 Å². The number of benzene rings is 1. The number of aliphatic hydroxyl groups is 5. The van der Waals surface area contributed by atoms with Crippen molar-refractivity contribution in [2.75, 3.05) is 6.61 Å². The lowest BCUT2D eigenvalue weighted by Gasteiger charge is -2.47. The van der Waals surface area contributed by atoms with E-state index in [9.17, 15) is 30.6 Å². The second-order valence-electron chi connectivity index (χ2n) is 5.32. The van der Waals surface area contributed by atoms with Gasteiger partial charge in [0.05, 0.1) is 12.1 Å². The standard InChI is InChI=1S/C14H17NO7/c16-6-10-11(18)14(21,12(19)13(20)22-10)15-5-9(17)7-3-1-2-4-8(7)15/h1-5,10-13,16-21H,6H2/t10-,11-,12+,13+,14+/m1/s1. The molecule has 2 aromatic rings. The van der Waals surface area contributed by atoms with Crippen LogP contribution in [0, 0.1) is 0 Å². The molecule has 0 bridgehead atoms. The van der Waals surface area contributed by atoms with E-state index < -0.39 is 36.9 Å². The third-order valence-corrected chi connectivity index (χ3v) is 4.06. The number of aromatic nitrogens is 1. The first-order chi connectivity index (χ1) is 10.4. The Morgan fingerprint density at radius 1 is 1.14 bits per heavy atom. The molecule has 0 spiro atoms. The molecule has 0 saturated carbocycles. The van der Waals surface area contributed by atoms with E-state index in [1.807, 2.05) is 0 Å². The van der Waals surface area contributed by atoms with Gasteiger partial charge in [-0.05, 0) is 12.1 Å². The summed E-state index contributed by atoms with van der Waals surface area (Å²) in [5, 5.41) is 60.6. The zero-order chi connectivity index (χ0) is 16.1. The summed E-state index contributed by atoms with van der Waals surface area (Å²) in [7, 11) is 0. The van der Waals surface area contributed by atoms with Crippen molar-refractivity contribution >= 4 is 10.9 Å². The topological polar surface area (TPSA) is 136 Å². The summed E-state index contributed by atoms with van der Waals surface area (Å²) in [6.45, 7) is -0.668. The fraction of sp³-hybridized carbons (Fsp3) is 0.429. The lowest BCUT2D eigenvalue weighted by molar-refractivity contribution is -0.346. The van der Waals surface area contributed by atoms with Crippen molar-refractivity contribution in [2.24, 2.45) is 0 Å². The van der Waals surface area contributed by atoms with Gasteiger partial charge < -0.3 is 39.9 Å². The Kier molecular flexibility index (Phi) is 3.60. The second kappa shape index (κ2) is 5.20. The molecule has 1 aliphatic rings. The minimum atomic E-state index is -2.38. The number of ether oxygens (including phenoxy) is 1. The van der Waals surface area contributed by atoms with Gasteiger partial charge in [0.15, 0.2) is 12.4 Å². The van der Waals surface area contributed by atoms with Crippen molar-refractivity contribution in [3.8, 4) is 5.75 Å².